The molecule has 4 nitrogen and oxygen atoms in total. The lowest BCUT2D eigenvalue weighted by Gasteiger charge is -2.14. The molecule has 1 atom stereocenters. The van der Waals surface area contributed by atoms with Gasteiger partial charge in [0.1, 0.15) is 5.75 Å². The number of amides is 1. The number of carbonyl (C=O) groups excluding carboxylic acids is 2. The molecule has 1 fully saturated rings. The standard InChI is InChI=1S/C16H21NO3/c1-10(12-4-5-12)17-16(19)9-14-8-13(11(2)18)6-7-15(14)20-3/h6-8,10,12H,4-5,9H2,1-3H3,(H,17,19). The molecule has 2 rings (SSSR count). The van der Waals surface area contributed by atoms with Crippen molar-refractivity contribution in [3.05, 3.63) is 29.3 Å². The third-order valence-corrected chi connectivity index (χ3v) is 3.76. The summed E-state index contributed by atoms with van der Waals surface area (Å²) in [7, 11) is 1.57. The Balaban J connectivity index is 2.07. The Hall–Kier alpha value is -1.84. The number of ether oxygens (including phenoxy) is 1. The van der Waals surface area contributed by atoms with Crippen molar-refractivity contribution >= 4 is 11.7 Å². The second kappa shape index (κ2) is 6.07. The van der Waals surface area contributed by atoms with Crippen molar-refractivity contribution < 1.29 is 14.3 Å². The second-order valence-corrected chi connectivity index (χ2v) is 5.45. The van der Waals surface area contributed by atoms with Gasteiger partial charge in [0.15, 0.2) is 5.78 Å². The van der Waals surface area contributed by atoms with Crippen LogP contribution in [0.4, 0.5) is 0 Å². The number of carbonyl (C=O) groups is 2. The highest BCUT2D eigenvalue weighted by molar-refractivity contribution is 5.94. The molecular weight excluding hydrogens is 254 g/mol. The summed E-state index contributed by atoms with van der Waals surface area (Å²) in [6, 6.07) is 5.42. The molecule has 0 aromatic heterocycles. The van der Waals surface area contributed by atoms with E-state index in [0.717, 1.165) is 5.56 Å². The molecule has 1 aliphatic rings. The summed E-state index contributed by atoms with van der Waals surface area (Å²) in [5, 5.41) is 3.01. The van der Waals surface area contributed by atoms with Gasteiger partial charge in [-0.15, -0.1) is 0 Å². The van der Waals surface area contributed by atoms with E-state index in [1.165, 1.54) is 19.8 Å². The molecule has 1 unspecified atom stereocenters. The number of hydrogen-bond donors (Lipinski definition) is 1. The number of benzene rings is 1. The van der Waals surface area contributed by atoms with Gasteiger partial charge in [-0.25, -0.2) is 0 Å². The normalized spacial score (nSPS) is 15.6. The van der Waals surface area contributed by atoms with Crippen LogP contribution in [0.5, 0.6) is 5.75 Å². The third kappa shape index (κ3) is 3.59. The molecule has 1 aromatic carbocycles. The largest absolute Gasteiger partial charge is 0.496 e. The van der Waals surface area contributed by atoms with Crippen molar-refractivity contribution in [2.24, 2.45) is 5.92 Å². The van der Waals surface area contributed by atoms with E-state index in [1.54, 1.807) is 25.3 Å². The summed E-state index contributed by atoms with van der Waals surface area (Å²) in [6.45, 7) is 3.56. The van der Waals surface area contributed by atoms with Gasteiger partial charge in [0, 0.05) is 17.2 Å². The highest BCUT2D eigenvalue weighted by atomic mass is 16.5. The fourth-order valence-corrected chi connectivity index (χ4v) is 2.33. The maximum absolute atomic E-state index is 12.1. The first kappa shape index (κ1) is 14.6. The highest BCUT2D eigenvalue weighted by Crippen LogP contribution is 2.32. The maximum atomic E-state index is 12.1. The third-order valence-electron chi connectivity index (χ3n) is 3.76. The van der Waals surface area contributed by atoms with Crippen molar-refractivity contribution in [1.82, 2.24) is 5.32 Å². The molecular formula is C16H21NO3. The number of nitrogens with one attached hydrogen (secondary N) is 1. The van der Waals surface area contributed by atoms with Gasteiger partial charge in [-0.05, 0) is 50.8 Å². The van der Waals surface area contributed by atoms with E-state index in [-0.39, 0.29) is 24.2 Å². The second-order valence-electron chi connectivity index (χ2n) is 5.45. The quantitative estimate of drug-likeness (QED) is 0.811. The molecule has 1 saturated carbocycles. The van der Waals surface area contributed by atoms with Gasteiger partial charge in [-0.2, -0.15) is 0 Å². The van der Waals surface area contributed by atoms with Crippen LogP contribution in [0.2, 0.25) is 0 Å². The molecule has 1 aliphatic carbocycles. The molecule has 0 spiro atoms. The Morgan fingerprint density at radius 2 is 2.10 bits per heavy atom. The Labute approximate surface area is 119 Å². The number of ketones is 1. The highest BCUT2D eigenvalue weighted by Gasteiger charge is 2.28. The maximum Gasteiger partial charge on any atom is 0.224 e. The smallest absolute Gasteiger partial charge is 0.224 e. The van der Waals surface area contributed by atoms with Crippen molar-refractivity contribution in [1.29, 1.82) is 0 Å². The molecule has 1 amide bonds. The van der Waals surface area contributed by atoms with Gasteiger partial charge in [0.25, 0.3) is 0 Å². The molecule has 108 valence electrons. The van der Waals surface area contributed by atoms with Gasteiger partial charge < -0.3 is 10.1 Å². The number of Topliss-reactive ketones (excluding diaryl/α,β-unsaturated/α-hetero) is 1. The Bertz CT molecular complexity index is 520. The van der Waals surface area contributed by atoms with E-state index in [4.69, 9.17) is 4.74 Å². The van der Waals surface area contributed by atoms with Crippen LogP contribution in [0.1, 0.15) is 42.6 Å². The van der Waals surface area contributed by atoms with Crippen LogP contribution in [0.25, 0.3) is 0 Å². The van der Waals surface area contributed by atoms with E-state index < -0.39 is 0 Å². The van der Waals surface area contributed by atoms with E-state index in [0.29, 0.717) is 17.2 Å². The minimum Gasteiger partial charge on any atom is -0.496 e. The van der Waals surface area contributed by atoms with Gasteiger partial charge in [0.05, 0.1) is 13.5 Å². The lowest BCUT2D eigenvalue weighted by atomic mass is 10.0. The van der Waals surface area contributed by atoms with Gasteiger partial charge in [-0.1, -0.05) is 0 Å². The van der Waals surface area contributed by atoms with Crippen molar-refractivity contribution in [2.75, 3.05) is 7.11 Å². The zero-order valence-electron chi connectivity index (χ0n) is 12.2. The fraction of sp³-hybridized carbons (Fsp3) is 0.500. The summed E-state index contributed by atoms with van der Waals surface area (Å²) >= 11 is 0. The number of methoxy groups -OCH3 is 1. The Kier molecular flexibility index (Phi) is 4.42. The summed E-state index contributed by atoms with van der Waals surface area (Å²) in [4.78, 5) is 23.5. The SMILES string of the molecule is COc1ccc(C(C)=O)cc1CC(=O)NC(C)C1CC1. The first-order valence-electron chi connectivity index (χ1n) is 6.98. The monoisotopic (exact) mass is 275 g/mol. The zero-order chi connectivity index (χ0) is 14.7. The van der Waals surface area contributed by atoms with E-state index in [9.17, 15) is 9.59 Å². The van der Waals surface area contributed by atoms with Gasteiger partial charge in [0.2, 0.25) is 5.91 Å². The molecule has 1 N–H and O–H groups in total. The first-order valence-corrected chi connectivity index (χ1v) is 6.98. The molecule has 1 aromatic rings. The average molecular weight is 275 g/mol. The zero-order valence-corrected chi connectivity index (χ0v) is 12.2. The van der Waals surface area contributed by atoms with Crippen LogP contribution < -0.4 is 10.1 Å². The van der Waals surface area contributed by atoms with Crippen LogP contribution in [0.15, 0.2) is 18.2 Å². The first-order chi connectivity index (χ1) is 9.51. The Morgan fingerprint density at radius 1 is 1.40 bits per heavy atom. The van der Waals surface area contributed by atoms with Crippen LogP contribution in [-0.4, -0.2) is 24.8 Å². The van der Waals surface area contributed by atoms with E-state index in [1.807, 2.05) is 6.92 Å². The molecule has 0 aliphatic heterocycles. The van der Waals surface area contributed by atoms with Crippen LogP contribution in [-0.2, 0) is 11.2 Å². The molecule has 0 radical (unpaired) electrons. The van der Waals surface area contributed by atoms with Crippen molar-refractivity contribution in [3.63, 3.8) is 0 Å². The predicted octanol–water partition coefficient (Wildman–Crippen LogP) is 2.36. The number of hydrogen-bond acceptors (Lipinski definition) is 3. The molecule has 4 heteroatoms. The topological polar surface area (TPSA) is 55.4 Å². The van der Waals surface area contributed by atoms with E-state index in [2.05, 4.69) is 5.32 Å². The average Bonchev–Trinajstić information content (AvgIpc) is 3.22. The van der Waals surface area contributed by atoms with Crippen molar-refractivity contribution in [3.8, 4) is 5.75 Å². The summed E-state index contributed by atoms with van der Waals surface area (Å²) in [5.74, 6) is 1.23. The van der Waals surface area contributed by atoms with Gasteiger partial charge >= 0.3 is 0 Å². The fourth-order valence-electron chi connectivity index (χ4n) is 2.33. The number of rotatable bonds is 6. The molecule has 0 bridgehead atoms. The summed E-state index contributed by atoms with van der Waals surface area (Å²) < 4.78 is 5.25. The molecule has 20 heavy (non-hydrogen) atoms. The summed E-state index contributed by atoms with van der Waals surface area (Å²) in [5.41, 5.74) is 1.35. The van der Waals surface area contributed by atoms with Crippen LogP contribution in [0.3, 0.4) is 0 Å². The lowest BCUT2D eigenvalue weighted by Crippen LogP contribution is -2.35. The Morgan fingerprint density at radius 3 is 2.65 bits per heavy atom. The van der Waals surface area contributed by atoms with Crippen molar-refractivity contribution in [2.45, 2.75) is 39.2 Å². The van der Waals surface area contributed by atoms with Gasteiger partial charge in [-0.3, -0.25) is 9.59 Å². The predicted molar refractivity (Wildman–Crippen MR) is 77.0 cm³/mol. The molecule has 0 heterocycles. The lowest BCUT2D eigenvalue weighted by molar-refractivity contribution is -0.121. The van der Waals surface area contributed by atoms with Crippen LogP contribution >= 0.6 is 0 Å². The summed E-state index contributed by atoms with van der Waals surface area (Å²) in [6.07, 6.45) is 2.64. The molecule has 0 saturated heterocycles. The minimum atomic E-state index is -0.0246. The van der Waals surface area contributed by atoms with E-state index >= 15 is 0 Å². The minimum absolute atomic E-state index is 0.0133. The van der Waals surface area contributed by atoms with Crippen LogP contribution in [0, 0.1) is 5.92 Å².